The Bertz CT molecular complexity index is 3100. The number of phenols is 1. The van der Waals surface area contributed by atoms with Crippen LogP contribution in [0, 0.1) is 5.92 Å². The molecule has 29 heteroatoms. The van der Waals surface area contributed by atoms with Crippen LogP contribution in [0.15, 0.2) is 90.1 Å². The van der Waals surface area contributed by atoms with Crippen molar-refractivity contribution in [3.05, 3.63) is 102 Å². The molecule has 1 saturated heterocycles. The second kappa shape index (κ2) is 34.3. The number of guanidine groups is 1. The van der Waals surface area contributed by atoms with Crippen LogP contribution in [-0.4, -0.2) is 184 Å². The van der Waals surface area contributed by atoms with Crippen LogP contribution in [0.3, 0.4) is 0 Å². The van der Waals surface area contributed by atoms with Crippen molar-refractivity contribution in [2.45, 2.75) is 140 Å². The first-order valence-corrected chi connectivity index (χ1v) is 29.2. The van der Waals surface area contributed by atoms with Crippen LogP contribution in [0.2, 0.25) is 0 Å². The summed E-state index contributed by atoms with van der Waals surface area (Å²) in [6.07, 6.45) is 0.965. The molecule has 2 heterocycles. The Kier molecular flexibility index (Phi) is 27.1. The topological polar surface area (TPSA) is 456 Å². The van der Waals surface area contributed by atoms with Crippen LogP contribution in [0.5, 0.6) is 5.75 Å². The highest BCUT2D eigenvalue weighted by Gasteiger charge is 2.40. The van der Waals surface area contributed by atoms with Crippen molar-refractivity contribution in [1.82, 2.24) is 52.4 Å². The van der Waals surface area contributed by atoms with E-state index in [9.17, 15) is 63.3 Å². The highest BCUT2D eigenvalue weighted by Crippen LogP contribution is 2.22. The van der Waals surface area contributed by atoms with Crippen molar-refractivity contribution >= 4 is 76.1 Å². The number of primary amides is 1. The number of aliphatic hydroxyl groups excluding tert-OH is 2. The quantitative estimate of drug-likeness (QED) is 0.0144. The Morgan fingerprint density at radius 1 is 0.674 bits per heavy atom. The van der Waals surface area contributed by atoms with E-state index in [0.29, 0.717) is 28.5 Å². The molecule has 5 rings (SSSR count). The molecule has 484 valence electrons. The van der Waals surface area contributed by atoms with Gasteiger partial charge in [-0.3, -0.25) is 48.1 Å². The van der Waals surface area contributed by atoms with Gasteiger partial charge in [-0.1, -0.05) is 74.5 Å². The summed E-state index contributed by atoms with van der Waals surface area (Å²) >= 11 is 0. The van der Waals surface area contributed by atoms with Gasteiger partial charge >= 0.3 is 6.09 Å². The molecule has 0 saturated carbocycles. The summed E-state index contributed by atoms with van der Waals surface area (Å²) in [6.45, 7) is 5.71. The number of likely N-dealkylation sites (tertiary alicyclic amines) is 1. The predicted molar refractivity (Wildman–Crippen MR) is 325 cm³/mol. The number of hydrogen-bond acceptors (Lipinski definition) is 16. The Labute approximate surface area is 514 Å². The fourth-order valence-corrected chi connectivity index (χ4v) is 9.59. The molecule has 0 unspecified atom stereocenters. The number of aliphatic hydroxyl groups is 2. The fourth-order valence-electron chi connectivity index (χ4n) is 9.59. The van der Waals surface area contributed by atoms with E-state index in [4.69, 9.17) is 26.7 Å². The summed E-state index contributed by atoms with van der Waals surface area (Å²) in [4.78, 5) is 146. The molecule has 1 aliphatic rings. The lowest BCUT2D eigenvalue weighted by atomic mass is 10.0. The second-order valence-electron chi connectivity index (χ2n) is 22.8. The Balaban J connectivity index is 1.36. The number of hydrogen-bond donors (Lipinski definition) is 15. The third-order valence-electron chi connectivity index (χ3n) is 14.0. The van der Waals surface area contributed by atoms with E-state index in [1.54, 1.807) is 89.3 Å². The molecule has 0 radical (unpaired) electrons. The molecular formula is C60H84N14O15. The minimum atomic E-state index is -1.81. The number of phenolic OH excluding ortho intramolecular Hbond substituents is 1. The number of fused-ring (bicyclic) bond motifs is 1. The molecule has 8 atom stereocenters. The number of rotatable bonds is 33. The number of carbonyl (C=O) groups excluding carboxylic acids is 10. The zero-order valence-corrected chi connectivity index (χ0v) is 50.5. The predicted octanol–water partition coefficient (Wildman–Crippen LogP) is -1.65. The maximum atomic E-state index is 14.5. The first kappa shape index (κ1) is 70.4. The van der Waals surface area contributed by atoms with Gasteiger partial charge in [-0.05, 0) is 93.7 Å². The minimum absolute atomic E-state index is 0.0205. The molecule has 10 amide bonds. The third kappa shape index (κ3) is 23.0. The van der Waals surface area contributed by atoms with Gasteiger partial charge in [0.15, 0.2) is 5.96 Å². The summed E-state index contributed by atoms with van der Waals surface area (Å²) in [6, 6.07) is 9.83. The maximum absolute atomic E-state index is 14.5. The van der Waals surface area contributed by atoms with Gasteiger partial charge in [-0.2, -0.15) is 0 Å². The van der Waals surface area contributed by atoms with Crippen molar-refractivity contribution in [3.63, 3.8) is 0 Å². The molecule has 29 nitrogen and oxygen atoms in total. The Hall–Kier alpha value is -9.35. The number of aliphatic imine (C=N–C) groups is 1. The molecule has 0 spiro atoms. The Morgan fingerprint density at radius 3 is 1.82 bits per heavy atom. The SMILES string of the molecule is CC(C)C[C@H](NC(=O)[C@@H](CO)NC(=O)[C@H](Cc1ccc(O)cc1)NC(=O)[C@H](CO)NC(=O)[C@H](Cc1c[nH]c2ccccc12)NC(=O)[C@H](COCc1ccccc1)NC(=O)OC(C)(C)C)C(=O)N[C@@H](CCCN=C(N)N)C(=O)N1CCC[C@H]1C(=O)NCC(N)=O. The number of ether oxygens (including phenoxy) is 2. The lowest BCUT2D eigenvalue weighted by Crippen LogP contribution is -2.62. The number of amides is 10. The van der Waals surface area contributed by atoms with E-state index in [0.717, 1.165) is 5.56 Å². The summed E-state index contributed by atoms with van der Waals surface area (Å²) in [5, 5.41) is 52.3. The molecule has 89 heavy (non-hydrogen) atoms. The minimum Gasteiger partial charge on any atom is -0.508 e. The van der Waals surface area contributed by atoms with E-state index in [2.05, 4.69) is 52.5 Å². The van der Waals surface area contributed by atoms with E-state index in [1.807, 2.05) is 6.07 Å². The number of nitrogens with two attached hydrogens (primary N) is 3. The smallest absolute Gasteiger partial charge is 0.408 e. The van der Waals surface area contributed by atoms with Crippen LogP contribution in [0.1, 0.15) is 83.4 Å². The van der Waals surface area contributed by atoms with Gasteiger partial charge in [-0.25, -0.2) is 4.79 Å². The molecule has 1 fully saturated rings. The van der Waals surface area contributed by atoms with Gasteiger partial charge in [0.05, 0.1) is 33.0 Å². The first-order valence-electron chi connectivity index (χ1n) is 29.2. The number of benzene rings is 3. The highest BCUT2D eigenvalue weighted by atomic mass is 16.6. The largest absolute Gasteiger partial charge is 0.508 e. The Morgan fingerprint density at radius 2 is 1.22 bits per heavy atom. The maximum Gasteiger partial charge on any atom is 0.408 e. The zero-order valence-electron chi connectivity index (χ0n) is 50.5. The molecule has 0 aliphatic carbocycles. The summed E-state index contributed by atoms with van der Waals surface area (Å²) in [7, 11) is 0. The zero-order chi connectivity index (χ0) is 65.4. The second-order valence-corrected chi connectivity index (χ2v) is 22.8. The number of nitrogens with one attached hydrogen (secondary N) is 9. The molecule has 4 aromatic rings. The third-order valence-corrected chi connectivity index (χ3v) is 14.0. The number of H-pyrrole nitrogens is 1. The monoisotopic (exact) mass is 1240 g/mol. The first-order chi connectivity index (χ1) is 42.2. The van der Waals surface area contributed by atoms with Gasteiger partial charge in [0.25, 0.3) is 0 Å². The standard InChI is InChI=1S/C60H84N14O15/c1-34(2)25-42(50(79)67-41(17-11-23-64-58(62)63)57(86)74-24-12-18-48(74)56(85)66-29-49(61)78)68-53(82)45(30-75)71-51(80)43(26-35-19-21-38(77)22-20-35)69-54(83)46(31-76)72-52(81)44(27-37-28-65-40-16-10-9-15-39(37)40)70-55(84)47(73-59(87)89-60(3,4)5)33-88-32-36-13-7-6-8-14-36/h6-10,13-16,19-22,28,34,41-48,65,75-77H,11-12,17-18,23-27,29-33H2,1-5H3,(H2,61,78)(H,66,85)(H,67,79)(H,68,82)(H,69,83)(H,70,84)(H,71,80)(H,72,81)(H,73,87)(H4,62,63,64)/t41-,42-,43-,44-,45+,46-,47-,48-/m0/s1. The number of nitrogens with zero attached hydrogens (tertiary/aromatic N) is 2. The van der Waals surface area contributed by atoms with Crippen molar-refractivity contribution < 1.29 is 72.7 Å². The van der Waals surface area contributed by atoms with Crippen LogP contribution in [0.4, 0.5) is 4.79 Å². The van der Waals surface area contributed by atoms with Crippen molar-refractivity contribution in [1.29, 1.82) is 0 Å². The van der Waals surface area contributed by atoms with Crippen LogP contribution in [0.25, 0.3) is 10.9 Å². The number of para-hydroxylation sites is 1. The normalized spacial score (nSPS) is 15.4. The summed E-state index contributed by atoms with van der Waals surface area (Å²) < 4.78 is 11.3. The number of carbonyl (C=O) groups is 10. The number of aromatic hydroxyl groups is 1. The van der Waals surface area contributed by atoms with Gasteiger partial charge < -0.3 is 94.4 Å². The lowest BCUT2D eigenvalue weighted by molar-refractivity contribution is -0.142. The molecule has 1 aliphatic heterocycles. The van der Waals surface area contributed by atoms with Crippen molar-refractivity contribution in [2.24, 2.45) is 28.1 Å². The van der Waals surface area contributed by atoms with Gasteiger partial charge in [-0.15, -0.1) is 0 Å². The van der Waals surface area contributed by atoms with Crippen LogP contribution < -0.4 is 59.7 Å². The number of alkyl carbamates (subject to hydrolysis) is 1. The number of aromatic nitrogens is 1. The van der Waals surface area contributed by atoms with E-state index >= 15 is 0 Å². The van der Waals surface area contributed by atoms with E-state index in [1.165, 1.54) is 29.2 Å². The lowest BCUT2D eigenvalue weighted by Gasteiger charge is -2.30. The van der Waals surface area contributed by atoms with E-state index in [-0.39, 0.29) is 82.5 Å². The van der Waals surface area contributed by atoms with E-state index < -0.39 is 133 Å². The molecule has 1 aromatic heterocycles. The molecule has 0 bridgehead atoms. The summed E-state index contributed by atoms with van der Waals surface area (Å²) in [5.74, 6) is -8.64. The van der Waals surface area contributed by atoms with Gasteiger partial charge in [0.2, 0.25) is 53.2 Å². The van der Waals surface area contributed by atoms with Crippen molar-refractivity contribution in [3.8, 4) is 5.75 Å². The van der Waals surface area contributed by atoms with Crippen molar-refractivity contribution in [2.75, 3.05) is 39.5 Å². The number of aromatic amines is 1. The van der Waals surface area contributed by atoms with Crippen LogP contribution in [-0.2, 0) is 72.1 Å². The highest BCUT2D eigenvalue weighted by molar-refractivity contribution is 5.99. The van der Waals surface area contributed by atoms with Gasteiger partial charge in [0, 0.05) is 43.0 Å². The summed E-state index contributed by atoms with van der Waals surface area (Å²) in [5.41, 5.74) is 17.6. The molecule has 3 aromatic carbocycles. The molecular weight excluding hydrogens is 1160 g/mol. The fraction of sp³-hybridized carbons (Fsp3) is 0.483. The van der Waals surface area contributed by atoms with Crippen LogP contribution >= 0.6 is 0 Å². The average molecular weight is 1240 g/mol. The van der Waals surface area contributed by atoms with Gasteiger partial charge in [0.1, 0.15) is 59.7 Å². The average Bonchev–Trinajstić information content (AvgIpc) is 2.55. The molecule has 18 N–H and O–H groups in total.